The fraction of sp³-hybridized carbons (Fsp3) is 0.0667. The van der Waals surface area contributed by atoms with Crippen LogP contribution in [-0.4, -0.2) is 18.4 Å². The van der Waals surface area contributed by atoms with Gasteiger partial charge in [-0.2, -0.15) is 0 Å². The molecule has 2 aromatic carbocycles. The Labute approximate surface area is 146 Å². The maximum atomic E-state index is 11.9. The molecule has 0 amide bonds. The third-order valence-corrected chi connectivity index (χ3v) is 4.01. The summed E-state index contributed by atoms with van der Waals surface area (Å²) in [4.78, 5) is 23.8. The predicted octanol–water partition coefficient (Wildman–Crippen LogP) is 5.34. The first kappa shape index (κ1) is 17.1. The molecule has 2 aromatic rings. The van der Waals surface area contributed by atoms with E-state index in [-0.39, 0.29) is 15.6 Å². The summed E-state index contributed by atoms with van der Waals surface area (Å²) in [5, 5.41) is 1.13. The number of carbonyl (C=O) groups is 2. The van der Waals surface area contributed by atoms with Crippen LogP contribution in [0.2, 0.25) is 20.1 Å². The Hall–Kier alpha value is -1.26. The standard InChI is InChI=1S/C15H8Cl4O3/c16-9-2-3-10(12(18)6-9)15(21)22-7-14(20)8-1-4-11(17)13(19)5-8/h1-6H,7H2. The Bertz CT molecular complexity index is 744. The highest BCUT2D eigenvalue weighted by molar-refractivity contribution is 6.42. The molecule has 0 saturated carbocycles. The van der Waals surface area contributed by atoms with Crippen LogP contribution in [0.15, 0.2) is 36.4 Å². The molecule has 7 heteroatoms. The van der Waals surface area contributed by atoms with E-state index >= 15 is 0 Å². The first-order valence-electron chi connectivity index (χ1n) is 5.99. The lowest BCUT2D eigenvalue weighted by Crippen LogP contribution is -2.14. The number of halogens is 4. The van der Waals surface area contributed by atoms with Gasteiger partial charge in [0.05, 0.1) is 20.6 Å². The minimum absolute atomic E-state index is 0.132. The van der Waals surface area contributed by atoms with Crippen LogP contribution in [0.25, 0.3) is 0 Å². The Morgan fingerprint density at radius 2 is 1.59 bits per heavy atom. The molecular weight excluding hydrogens is 370 g/mol. The van der Waals surface area contributed by atoms with Gasteiger partial charge in [0.2, 0.25) is 0 Å². The number of carbonyl (C=O) groups excluding carboxylic acids is 2. The summed E-state index contributed by atoms with van der Waals surface area (Å²) < 4.78 is 4.94. The van der Waals surface area contributed by atoms with Crippen molar-refractivity contribution in [1.82, 2.24) is 0 Å². The number of esters is 1. The average Bonchev–Trinajstić information content (AvgIpc) is 2.47. The Morgan fingerprint density at radius 3 is 2.23 bits per heavy atom. The summed E-state index contributed by atoms with van der Waals surface area (Å²) in [6.07, 6.45) is 0. The van der Waals surface area contributed by atoms with Crippen molar-refractivity contribution in [2.24, 2.45) is 0 Å². The van der Waals surface area contributed by atoms with Crippen LogP contribution in [0.3, 0.4) is 0 Å². The number of rotatable bonds is 4. The van der Waals surface area contributed by atoms with Gasteiger partial charge in [-0.3, -0.25) is 4.79 Å². The van der Waals surface area contributed by atoms with Gasteiger partial charge in [0.25, 0.3) is 0 Å². The minimum atomic E-state index is -0.713. The van der Waals surface area contributed by atoms with Crippen molar-refractivity contribution in [1.29, 1.82) is 0 Å². The maximum Gasteiger partial charge on any atom is 0.340 e. The number of hydrogen-bond acceptors (Lipinski definition) is 3. The third-order valence-electron chi connectivity index (χ3n) is 2.73. The van der Waals surface area contributed by atoms with E-state index in [0.717, 1.165) is 0 Å². The van der Waals surface area contributed by atoms with Crippen LogP contribution < -0.4 is 0 Å². The monoisotopic (exact) mass is 376 g/mol. The van der Waals surface area contributed by atoms with E-state index in [1.807, 2.05) is 0 Å². The maximum absolute atomic E-state index is 11.9. The van der Waals surface area contributed by atoms with Crippen LogP contribution in [0.4, 0.5) is 0 Å². The Balaban J connectivity index is 2.04. The summed E-state index contributed by atoms with van der Waals surface area (Å²) in [6.45, 7) is -0.435. The van der Waals surface area contributed by atoms with E-state index < -0.39 is 18.4 Å². The molecule has 0 saturated heterocycles. The molecule has 0 aromatic heterocycles. The highest BCUT2D eigenvalue weighted by Crippen LogP contribution is 2.23. The van der Waals surface area contributed by atoms with Crippen LogP contribution >= 0.6 is 46.4 Å². The van der Waals surface area contributed by atoms with Gasteiger partial charge in [-0.15, -0.1) is 0 Å². The number of ketones is 1. The molecule has 0 N–H and O–H groups in total. The lowest BCUT2D eigenvalue weighted by molar-refractivity contribution is 0.0475. The first-order valence-corrected chi connectivity index (χ1v) is 7.50. The van der Waals surface area contributed by atoms with Gasteiger partial charge in [0.1, 0.15) is 0 Å². The second kappa shape index (κ2) is 7.34. The second-order valence-corrected chi connectivity index (χ2v) is 5.91. The van der Waals surface area contributed by atoms with Gasteiger partial charge in [-0.05, 0) is 36.4 Å². The molecule has 0 aliphatic heterocycles. The molecule has 0 unspecified atom stereocenters. The van der Waals surface area contributed by atoms with Crippen molar-refractivity contribution >= 4 is 58.2 Å². The number of benzene rings is 2. The molecule has 2 rings (SSSR count). The Morgan fingerprint density at radius 1 is 0.864 bits per heavy atom. The summed E-state index contributed by atoms with van der Waals surface area (Å²) in [5.41, 5.74) is 0.428. The van der Waals surface area contributed by atoms with Gasteiger partial charge >= 0.3 is 5.97 Å². The SMILES string of the molecule is O=C(COC(=O)c1ccc(Cl)cc1Cl)c1ccc(Cl)c(Cl)c1. The molecule has 0 radical (unpaired) electrons. The molecule has 0 aliphatic carbocycles. The molecule has 22 heavy (non-hydrogen) atoms. The van der Waals surface area contributed by atoms with Crippen LogP contribution in [0, 0.1) is 0 Å². The molecule has 3 nitrogen and oxygen atoms in total. The van der Waals surface area contributed by atoms with Crippen LogP contribution in [-0.2, 0) is 4.74 Å². The summed E-state index contributed by atoms with van der Waals surface area (Å²) >= 11 is 23.2. The number of hydrogen-bond donors (Lipinski definition) is 0. The van der Waals surface area contributed by atoms with Gasteiger partial charge < -0.3 is 4.74 Å². The first-order chi connectivity index (χ1) is 10.4. The zero-order valence-corrected chi connectivity index (χ0v) is 13.9. The summed E-state index contributed by atoms with van der Waals surface area (Å²) in [6, 6.07) is 8.76. The third kappa shape index (κ3) is 4.14. The van der Waals surface area contributed by atoms with E-state index in [1.165, 1.54) is 36.4 Å². The Kier molecular flexibility index (Phi) is 5.70. The van der Waals surface area contributed by atoms with E-state index in [0.29, 0.717) is 15.6 Å². The number of Topliss-reactive ketones (excluding diaryl/α,β-unsaturated/α-hetero) is 1. The van der Waals surface area contributed by atoms with Gasteiger partial charge in [-0.1, -0.05) is 46.4 Å². The van der Waals surface area contributed by atoms with Crippen LogP contribution in [0.5, 0.6) is 0 Å². The van der Waals surface area contributed by atoms with Gasteiger partial charge in [-0.25, -0.2) is 4.79 Å². The normalized spacial score (nSPS) is 10.4. The van der Waals surface area contributed by atoms with Crippen molar-refractivity contribution in [3.05, 3.63) is 67.6 Å². The second-order valence-electron chi connectivity index (χ2n) is 4.25. The zero-order chi connectivity index (χ0) is 16.3. The highest BCUT2D eigenvalue weighted by atomic mass is 35.5. The van der Waals surface area contributed by atoms with Crippen molar-refractivity contribution in [2.45, 2.75) is 0 Å². The zero-order valence-electron chi connectivity index (χ0n) is 10.9. The van der Waals surface area contributed by atoms with E-state index in [2.05, 4.69) is 0 Å². The number of ether oxygens (including phenoxy) is 1. The smallest absolute Gasteiger partial charge is 0.340 e. The molecular formula is C15H8Cl4O3. The largest absolute Gasteiger partial charge is 0.454 e. The summed E-state index contributed by atoms with van der Waals surface area (Å²) in [7, 11) is 0. The van der Waals surface area contributed by atoms with Gasteiger partial charge in [0, 0.05) is 10.6 Å². The lowest BCUT2D eigenvalue weighted by Gasteiger charge is -2.07. The fourth-order valence-corrected chi connectivity index (χ4v) is 2.40. The highest BCUT2D eigenvalue weighted by Gasteiger charge is 2.15. The molecule has 0 heterocycles. The molecule has 0 fully saturated rings. The van der Waals surface area contributed by atoms with Gasteiger partial charge in [0.15, 0.2) is 12.4 Å². The van der Waals surface area contributed by atoms with Crippen molar-refractivity contribution in [2.75, 3.05) is 6.61 Å². The van der Waals surface area contributed by atoms with E-state index in [4.69, 9.17) is 51.1 Å². The molecule has 0 aliphatic rings. The predicted molar refractivity (Wildman–Crippen MR) is 87.5 cm³/mol. The van der Waals surface area contributed by atoms with Crippen LogP contribution in [0.1, 0.15) is 20.7 Å². The average molecular weight is 378 g/mol. The van der Waals surface area contributed by atoms with Crippen molar-refractivity contribution in [3.63, 3.8) is 0 Å². The van der Waals surface area contributed by atoms with Crippen molar-refractivity contribution in [3.8, 4) is 0 Å². The van der Waals surface area contributed by atoms with E-state index in [9.17, 15) is 9.59 Å². The molecule has 0 atom stereocenters. The summed E-state index contributed by atoms with van der Waals surface area (Å²) in [5.74, 6) is -1.12. The molecule has 0 bridgehead atoms. The molecule has 0 spiro atoms. The van der Waals surface area contributed by atoms with Crippen molar-refractivity contribution < 1.29 is 14.3 Å². The molecule has 114 valence electrons. The minimum Gasteiger partial charge on any atom is -0.454 e. The fourth-order valence-electron chi connectivity index (χ4n) is 1.62. The topological polar surface area (TPSA) is 43.4 Å². The van der Waals surface area contributed by atoms with E-state index in [1.54, 1.807) is 0 Å². The lowest BCUT2D eigenvalue weighted by atomic mass is 10.1. The quantitative estimate of drug-likeness (QED) is 0.533.